The first-order valence-corrected chi connectivity index (χ1v) is 8.58. The summed E-state index contributed by atoms with van der Waals surface area (Å²) in [5.41, 5.74) is 0.997. The molecule has 0 saturated carbocycles. The Bertz CT molecular complexity index is 721. The zero-order valence-electron chi connectivity index (χ0n) is 14.1. The number of methoxy groups -OCH3 is 1. The second-order valence-corrected chi connectivity index (χ2v) is 6.23. The number of ether oxygens (including phenoxy) is 2. The van der Waals surface area contributed by atoms with Gasteiger partial charge in [0, 0.05) is 30.2 Å². The molecule has 6 heteroatoms. The first kappa shape index (κ1) is 17.6. The first-order chi connectivity index (χ1) is 12.2. The number of nitrogens with one attached hydrogen (secondary N) is 1. The Labute approximate surface area is 152 Å². The van der Waals surface area contributed by atoms with E-state index < -0.39 is 0 Å². The van der Waals surface area contributed by atoms with Gasteiger partial charge >= 0.3 is 0 Å². The van der Waals surface area contributed by atoms with E-state index in [9.17, 15) is 4.79 Å². The third-order valence-corrected chi connectivity index (χ3v) is 4.49. The second kappa shape index (κ2) is 8.23. The van der Waals surface area contributed by atoms with Crippen molar-refractivity contribution in [1.29, 1.82) is 0 Å². The van der Waals surface area contributed by atoms with Gasteiger partial charge in [-0.3, -0.25) is 4.79 Å². The van der Waals surface area contributed by atoms with Crippen LogP contribution >= 0.6 is 11.6 Å². The average molecular weight is 361 g/mol. The fraction of sp³-hybridized carbons (Fsp3) is 0.316. The van der Waals surface area contributed by atoms with E-state index in [1.165, 1.54) is 0 Å². The maximum atomic E-state index is 12.7. The predicted octanol–water partition coefficient (Wildman–Crippen LogP) is 2.90. The molecular formula is C19H21ClN2O3. The molecule has 2 aromatic rings. The van der Waals surface area contributed by atoms with Gasteiger partial charge in [0.05, 0.1) is 13.2 Å². The number of rotatable bonds is 5. The summed E-state index contributed by atoms with van der Waals surface area (Å²) in [5, 5.41) is 3.98. The summed E-state index contributed by atoms with van der Waals surface area (Å²) in [6.45, 7) is 2.07. The van der Waals surface area contributed by atoms with Gasteiger partial charge in [-0.1, -0.05) is 29.8 Å². The molecule has 1 N–H and O–H groups in total. The Kier molecular flexibility index (Phi) is 5.79. The van der Waals surface area contributed by atoms with Gasteiger partial charge in [-0.2, -0.15) is 0 Å². The molecule has 1 amide bonds. The standard InChI is InChI=1S/C19H21ClN2O3/c1-24-18-5-3-2-4-16(18)17-12-21-10-11-22(17)19(23)13-25-15-8-6-14(20)7-9-15/h2-9,17,21H,10-13H2,1H3. The van der Waals surface area contributed by atoms with Crippen LogP contribution in [0.25, 0.3) is 0 Å². The van der Waals surface area contributed by atoms with Crippen LogP contribution in [-0.2, 0) is 4.79 Å². The lowest BCUT2D eigenvalue weighted by molar-refractivity contribution is -0.136. The SMILES string of the molecule is COc1ccccc1C1CNCCN1C(=O)COc1ccc(Cl)cc1. The lowest BCUT2D eigenvalue weighted by atomic mass is 10.0. The highest BCUT2D eigenvalue weighted by Crippen LogP contribution is 2.30. The lowest BCUT2D eigenvalue weighted by Gasteiger charge is -2.37. The molecule has 1 aliphatic rings. The topological polar surface area (TPSA) is 50.8 Å². The monoisotopic (exact) mass is 360 g/mol. The number of hydrogen-bond acceptors (Lipinski definition) is 4. The zero-order valence-corrected chi connectivity index (χ0v) is 14.8. The quantitative estimate of drug-likeness (QED) is 0.890. The molecule has 132 valence electrons. The van der Waals surface area contributed by atoms with Crippen LogP contribution in [0.15, 0.2) is 48.5 Å². The van der Waals surface area contributed by atoms with E-state index >= 15 is 0 Å². The van der Waals surface area contributed by atoms with Crippen LogP contribution < -0.4 is 14.8 Å². The Hall–Kier alpha value is -2.24. The number of benzene rings is 2. The summed E-state index contributed by atoms with van der Waals surface area (Å²) in [6.07, 6.45) is 0. The van der Waals surface area contributed by atoms with E-state index in [-0.39, 0.29) is 18.6 Å². The minimum absolute atomic E-state index is 0.00667. The molecule has 1 atom stereocenters. The Balaban J connectivity index is 1.71. The van der Waals surface area contributed by atoms with Gasteiger partial charge in [0.1, 0.15) is 11.5 Å². The molecule has 0 spiro atoms. The number of hydrogen-bond donors (Lipinski definition) is 1. The van der Waals surface area contributed by atoms with Crippen molar-refractivity contribution in [2.75, 3.05) is 33.4 Å². The highest BCUT2D eigenvalue weighted by atomic mass is 35.5. The Morgan fingerprint density at radius 1 is 1.24 bits per heavy atom. The van der Waals surface area contributed by atoms with Crippen LogP contribution in [-0.4, -0.2) is 44.2 Å². The largest absolute Gasteiger partial charge is 0.496 e. The molecule has 0 aliphatic carbocycles. The number of carbonyl (C=O) groups is 1. The zero-order chi connectivity index (χ0) is 17.6. The highest BCUT2D eigenvalue weighted by Gasteiger charge is 2.29. The minimum Gasteiger partial charge on any atom is -0.496 e. The number of para-hydroxylation sites is 1. The van der Waals surface area contributed by atoms with E-state index in [0.29, 0.717) is 23.9 Å². The summed E-state index contributed by atoms with van der Waals surface area (Å²) < 4.78 is 11.1. The maximum absolute atomic E-state index is 12.7. The van der Waals surface area contributed by atoms with Crippen molar-refractivity contribution >= 4 is 17.5 Å². The molecule has 3 rings (SSSR count). The van der Waals surface area contributed by atoms with Gasteiger partial charge in [-0.15, -0.1) is 0 Å². The van der Waals surface area contributed by atoms with E-state index in [0.717, 1.165) is 17.9 Å². The maximum Gasteiger partial charge on any atom is 0.261 e. The summed E-state index contributed by atoms with van der Waals surface area (Å²) in [4.78, 5) is 14.6. The third-order valence-electron chi connectivity index (χ3n) is 4.24. The Morgan fingerprint density at radius 3 is 2.76 bits per heavy atom. The van der Waals surface area contributed by atoms with Crippen LogP contribution in [0, 0.1) is 0 Å². The van der Waals surface area contributed by atoms with Crippen LogP contribution in [0.2, 0.25) is 5.02 Å². The molecule has 0 aromatic heterocycles. The van der Waals surface area contributed by atoms with Crippen molar-refractivity contribution in [1.82, 2.24) is 10.2 Å². The van der Waals surface area contributed by atoms with Crippen molar-refractivity contribution < 1.29 is 14.3 Å². The molecule has 1 saturated heterocycles. The Morgan fingerprint density at radius 2 is 2.00 bits per heavy atom. The van der Waals surface area contributed by atoms with Crippen LogP contribution in [0.3, 0.4) is 0 Å². The molecule has 2 aromatic carbocycles. The molecular weight excluding hydrogens is 340 g/mol. The van der Waals surface area contributed by atoms with E-state index in [2.05, 4.69) is 5.32 Å². The van der Waals surface area contributed by atoms with Gasteiger partial charge in [0.25, 0.3) is 5.91 Å². The van der Waals surface area contributed by atoms with Crippen LogP contribution in [0.5, 0.6) is 11.5 Å². The van der Waals surface area contributed by atoms with Crippen LogP contribution in [0.4, 0.5) is 0 Å². The third kappa shape index (κ3) is 4.24. The molecule has 1 aliphatic heterocycles. The predicted molar refractivity (Wildman–Crippen MR) is 97.3 cm³/mol. The minimum atomic E-state index is -0.0776. The highest BCUT2D eigenvalue weighted by molar-refractivity contribution is 6.30. The summed E-state index contributed by atoms with van der Waals surface area (Å²) >= 11 is 5.86. The number of halogens is 1. The van der Waals surface area contributed by atoms with Crippen molar-refractivity contribution in [3.05, 3.63) is 59.1 Å². The van der Waals surface area contributed by atoms with Crippen molar-refractivity contribution in [3.8, 4) is 11.5 Å². The molecule has 1 unspecified atom stereocenters. The fourth-order valence-corrected chi connectivity index (χ4v) is 3.11. The molecule has 5 nitrogen and oxygen atoms in total. The summed E-state index contributed by atoms with van der Waals surface area (Å²) in [5.74, 6) is 1.36. The summed E-state index contributed by atoms with van der Waals surface area (Å²) in [7, 11) is 1.64. The van der Waals surface area contributed by atoms with E-state index in [4.69, 9.17) is 21.1 Å². The van der Waals surface area contributed by atoms with Crippen molar-refractivity contribution in [2.24, 2.45) is 0 Å². The molecule has 25 heavy (non-hydrogen) atoms. The second-order valence-electron chi connectivity index (χ2n) is 5.79. The smallest absolute Gasteiger partial charge is 0.261 e. The van der Waals surface area contributed by atoms with Gasteiger partial charge < -0.3 is 19.7 Å². The number of piperazine rings is 1. The molecule has 1 heterocycles. The van der Waals surface area contributed by atoms with E-state index in [1.807, 2.05) is 29.2 Å². The van der Waals surface area contributed by atoms with Gasteiger partial charge in [0.2, 0.25) is 0 Å². The lowest BCUT2D eigenvalue weighted by Crippen LogP contribution is -2.50. The van der Waals surface area contributed by atoms with E-state index in [1.54, 1.807) is 31.4 Å². The molecule has 0 radical (unpaired) electrons. The van der Waals surface area contributed by atoms with Gasteiger partial charge in [-0.25, -0.2) is 0 Å². The number of amides is 1. The molecule has 1 fully saturated rings. The van der Waals surface area contributed by atoms with Gasteiger partial charge in [-0.05, 0) is 30.3 Å². The molecule has 0 bridgehead atoms. The summed E-state index contributed by atoms with van der Waals surface area (Å²) in [6, 6.07) is 14.7. The number of nitrogens with zero attached hydrogens (tertiary/aromatic N) is 1. The van der Waals surface area contributed by atoms with Crippen LogP contribution in [0.1, 0.15) is 11.6 Å². The first-order valence-electron chi connectivity index (χ1n) is 8.20. The van der Waals surface area contributed by atoms with Gasteiger partial charge in [0.15, 0.2) is 6.61 Å². The average Bonchev–Trinajstić information content (AvgIpc) is 2.67. The van der Waals surface area contributed by atoms with Crippen molar-refractivity contribution in [3.63, 3.8) is 0 Å². The number of carbonyl (C=O) groups excluding carboxylic acids is 1. The van der Waals surface area contributed by atoms with Crippen molar-refractivity contribution in [2.45, 2.75) is 6.04 Å². The fourth-order valence-electron chi connectivity index (χ4n) is 2.98. The normalized spacial score (nSPS) is 17.2.